The summed E-state index contributed by atoms with van der Waals surface area (Å²) in [5.74, 6) is 2.83. The van der Waals surface area contributed by atoms with Crippen LogP contribution in [0.4, 0.5) is 11.6 Å². The molecule has 150 valence electrons. The van der Waals surface area contributed by atoms with Crippen molar-refractivity contribution in [2.45, 2.75) is 12.8 Å². The molecule has 5 heterocycles. The van der Waals surface area contributed by atoms with E-state index in [4.69, 9.17) is 15.0 Å². The van der Waals surface area contributed by atoms with E-state index in [0.717, 1.165) is 55.6 Å². The van der Waals surface area contributed by atoms with E-state index in [1.165, 1.54) is 5.56 Å². The first-order valence-electron chi connectivity index (χ1n) is 10.9. The van der Waals surface area contributed by atoms with Gasteiger partial charge in [-0.15, -0.1) is 0 Å². The zero-order valence-corrected chi connectivity index (χ0v) is 17.4. The molecule has 0 fully saturated rings. The van der Waals surface area contributed by atoms with Crippen LogP contribution in [0.2, 0.25) is 0 Å². The van der Waals surface area contributed by atoms with Crippen LogP contribution in [0.1, 0.15) is 17.3 Å². The van der Waals surface area contributed by atoms with Crippen molar-refractivity contribution in [1.29, 1.82) is 0 Å². The lowest BCUT2D eigenvalue weighted by Crippen LogP contribution is -2.43. The largest absolute Gasteiger partial charge is 0.363 e. The first-order valence-corrected chi connectivity index (χ1v) is 10.9. The number of benzene rings is 3. The lowest BCUT2D eigenvalue weighted by Gasteiger charge is -2.29. The van der Waals surface area contributed by atoms with Gasteiger partial charge in [-0.1, -0.05) is 72.8 Å². The van der Waals surface area contributed by atoms with Crippen LogP contribution in [0.5, 0.6) is 0 Å². The molecule has 0 spiro atoms. The summed E-state index contributed by atoms with van der Waals surface area (Å²) in [6.07, 6.45) is -0.0750. The van der Waals surface area contributed by atoms with Crippen molar-refractivity contribution in [3.8, 4) is 0 Å². The Bertz CT molecular complexity index is 1790. The molecule has 4 bridgehead atoms. The average molecular weight is 412 g/mol. The van der Waals surface area contributed by atoms with Crippen LogP contribution in [0.25, 0.3) is 21.5 Å². The average Bonchev–Trinajstić information content (AvgIpc) is 3.41. The molecular formula is C25H17BN6. The van der Waals surface area contributed by atoms with Crippen LogP contribution in [0, 0.1) is 0 Å². The molecule has 6 nitrogen and oxygen atoms in total. The molecule has 0 saturated heterocycles. The molecule has 1 unspecified atom stereocenters. The van der Waals surface area contributed by atoms with Gasteiger partial charge in [0.15, 0.2) is 6.17 Å². The third-order valence-corrected chi connectivity index (χ3v) is 6.97. The Morgan fingerprint density at radius 1 is 0.719 bits per heavy atom. The molecule has 0 amide bonds. The molecule has 3 aromatic carbocycles. The second kappa shape index (κ2) is 5.56. The minimum absolute atomic E-state index is 0.0750. The Balaban J connectivity index is 1.66. The number of amidine groups is 1. The van der Waals surface area contributed by atoms with Crippen molar-refractivity contribution in [2.24, 2.45) is 15.0 Å². The third-order valence-electron chi connectivity index (χ3n) is 6.97. The lowest BCUT2D eigenvalue weighted by molar-refractivity contribution is 0.241. The Morgan fingerprint density at radius 2 is 1.34 bits per heavy atom. The molecule has 5 aromatic rings. The van der Waals surface area contributed by atoms with E-state index in [9.17, 15) is 0 Å². The topological polar surface area (TPSA) is 50.2 Å². The van der Waals surface area contributed by atoms with Gasteiger partial charge in [0.2, 0.25) is 7.98 Å². The predicted molar refractivity (Wildman–Crippen MR) is 127 cm³/mol. The van der Waals surface area contributed by atoms with Crippen molar-refractivity contribution >= 4 is 47.0 Å². The maximum atomic E-state index is 5.26. The fraction of sp³-hybridized carbons (Fsp3) is 0.0800. The van der Waals surface area contributed by atoms with E-state index in [-0.39, 0.29) is 6.17 Å². The van der Waals surface area contributed by atoms with Crippen LogP contribution >= 0.6 is 0 Å². The van der Waals surface area contributed by atoms with Crippen molar-refractivity contribution in [3.05, 3.63) is 94.9 Å². The molecule has 1 atom stereocenters. The predicted octanol–water partition coefficient (Wildman–Crippen LogP) is 2.94. The second-order valence-electron chi connectivity index (χ2n) is 8.62. The van der Waals surface area contributed by atoms with Gasteiger partial charge in [0.25, 0.3) is 0 Å². The monoisotopic (exact) mass is 412 g/mol. The van der Waals surface area contributed by atoms with Crippen LogP contribution in [-0.4, -0.2) is 27.8 Å². The Kier molecular flexibility index (Phi) is 2.88. The Morgan fingerprint density at radius 3 is 2.12 bits per heavy atom. The standard InChI is InChI=1S/C25H17BN6/c26-32-24-18-11-5-6-12-19(18)25(32)29-23-17-10-4-2-8-15(17)21-27-20-14-7-1-3-9-16(14)22(28-24)30(20)13-31(21)23/h1-12,20H,13,26H2/b28-22-,29-23-. The Hall–Kier alpha value is -4.13. The highest BCUT2D eigenvalue weighted by Gasteiger charge is 2.38. The maximum absolute atomic E-state index is 5.26. The van der Waals surface area contributed by atoms with E-state index in [1.807, 2.05) is 0 Å². The van der Waals surface area contributed by atoms with Crippen LogP contribution in [0.15, 0.2) is 87.8 Å². The number of aromatic nitrogens is 2. The number of aliphatic imine (C=N–C) groups is 1. The summed E-state index contributed by atoms with van der Waals surface area (Å²) in [7, 11) is 2.06. The molecule has 0 aliphatic carbocycles. The van der Waals surface area contributed by atoms with Gasteiger partial charge in [-0.2, -0.15) is 0 Å². The third kappa shape index (κ3) is 1.86. The summed E-state index contributed by atoms with van der Waals surface area (Å²) in [5.41, 5.74) is 4.31. The van der Waals surface area contributed by atoms with Crippen molar-refractivity contribution in [2.75, 3.05) is 0 Å². The number of hydrogen-bond acceptors (Lipinski definition) is 4. The molecule has 8 rings (SSSR count). The van der Waals surface area contributed by atoms with Crippen LogP contribution in [-0.2, 0) is 6.67 Å². The summed E-state index contributed by atoms with van der Waals surface area (Å²) in [4.78, 5) is 18.1. The van der Waals surface area contributed by atoms with Crippen LogP contribution in [0.3, 0.4) is 0 Å². The van der Waals surface area contributed by atoms with Gasteiger partial charge in [0.05, 0.1) is 0 Å². The van der Waals surface area contributed by atoms with Gasteiger partial charge in [-0.3, -0.25) is 4.57 Å². The van der Waals surface area contributed by atoms with Crippen molar-refractivity contribution in [3.63, 3.8) is 0 Å². The van der Waals surface area contributed by atoms with Gasteiger partial charge in [0.1, 0.15) is 35.1 Å². The first kappa shape index (κ1) is 16.6. The summed E-state index contributed by atoms with van der Waals surface area (Å²) >= 11 is 0. The summed E-state index contributed by atoms with van der Waals surface area (Å²) < 4.78 is 4.37. The minimum Gasteiger partial charge on any atom is -0.363 e. The first-order chi connectivity index (χ1) is 15.8. The highest BCUT2D eigenvalue weighted by molar-refractivity contribution is 6.18. The van der Waals surface area contributed by atoms with Gasteiger partial charge in [-0.05, 0) is 0 Å². The fourth-order valence-corrected chi connectivity index (χ4v) is 5.50. The maximum Gasteiger partial charge on any atom is 0.227 e. The van der Waals surface area contributed by atoms with E-state index in [2.05, 4.69) is 94.7 Å². The second-order valence-corrected chi connectivity index (χ2v) is 8.62. The zero-order valence-electron chi connectivity index (χ0n) is 17.4. The van der Waals surface area contributed by atoms with Crippen molar-refractivity contribution < 1.29 is 0 Å². The number of fused-ring (bicyclic) bond motifs is 11. The number of nitrogens with zero attached hydrogens (tertiary/aromatic N) is 6. The molecule has 7 heteroatoms. The van der Waals surface area contributed by atoms with Crippen LogP contribution < -0.4 is 11.0 Å². The normalized spacial score (nSPS) is 20.4. The Labute approximate surface area is 183 Å². The molecule has 32 heavy (non-hydrogen) atoms. The quantitative estimate of drug-likeness (QED) is 0.361. The van der Waals surface area contributed by atoms with Gasteiger partial charge in [0, 0.05) is 32.7 Å². The van der Waals surface area contributed by atoms with Gasteiger partial charge < -0.3 is 9.38 Å². The van der Waals surface area contributed by atoms with E-state index < -0.39 is 0 Å². The highest BCUT2D eigenvalue weighted by atomic mass is 15.4. The van der Waals surface area contributed by atoms with E-state index in [0.29, 0.717) is 6.67 Å². The number of hydrogen-bond donors (Lipinski definition) is 0. The molecular weight excluding hydrogens is 395 g/mol. The summed E-state index contributed by atoms with van der Waals surface area (Å²) in [5, 5.41) is 4.50. The lowest BCUT2D eigenvalue weighted by atomic mass is 10.1. The molecule has 3 aliphatic heterocycles. The van der Waals surface area contributed by atoms with Gasteiger partial charge >= 0.3 is 0 Å². The smallest absolute Gasteiger partial charge is 0.227 e. The fourth-order valence-electron chi connectivity index (χ4n) is 5.50. The van der Waals surface area contributed by atoms with E-state index in [1.54, 1.807) is 0 Å². The minimum atomic E-state index is -0.0750. The SMILES string of the molecule is Bn1c2c3ccccc3c1/N=c1/c3ccccc3c3n1CN1/C(=N\2)c2ccccc2C1N=3. The van der Waals surface area contributed by atoms with Gasteiger partial charge in [-0.25, -0.2) is 15.0 Å². The number of rotatable bonds is 0. The van der Waals surface area contributed by atoms with Crippen molar-refractivity contribution in [1.82, 2.24) is 13.9 Å². The molecule has 0 N–H and O–H groups in total. The molecule has 3 aliphatic rings. The molecule has 0 saturated carbocycles. The summed E-state index contributed by atoms with van der Waals surface area (Å²) in [6.45, 7) is 0.672. The van der Waals surface area contributed by atoms with E-state index >= 15 is 0 Å². The molecule has 0 radical (unpaired) electrons. The zero-order chi connectivity index (χ0) is 21.0. The summed E-state index contributed by atoms with van der Waals surface area (Å²) in [6, 6.07) is 25.4. The molecule has 2 aromatic heterocycles. The highest BCUT2D eigenvalue weighted by Crippen LogP contribution is 2.41.